The van der Waals surface area contributed by atoms with E-state index in [-0.39, 0.29) is 18.3 Å². The molecule has 0 radical (unpaired) electrons. The Labute approximate surface area is 187 Å². The Morgan fingerprint density at radius 1 is 1.22 bits per heavy atom. The number of rotatable bonds is 6. The number of halogens is 1. The molecule has 2 bridgehead atoms. The summed E-state index contributed by atoms with van der Waals surface area (Å²) in [6.45, 7) is 5.94. The van der Waals surface area contributed by atoms with Crippen LogP contribution in [0.25, 0.3) is 10.9 Å². The third-order valence-corrected chi connectivity index (χ3v) is 7.04. The molecule has 3 aliphatic rings. The Hall–Kier alpha value is -3.05. The third-order valence-electron chi connectivity index (χ3n) is 7.04. The number of hydrogen-bond donors (Lipinski definition) is 0. The van der Waals surface area contributed by atoms with Gasteiger partial charge < -0.3 is 4.74 Å². The van der Waals surface area contributed by atoms with E-state index in [0.717, 1.165) is 42.4 Å². The lowest BCUT2D eigenvalue weighted by molar-refractivity contribution is -0.156. The van der Waals surface area contributed by atoms with Gasteiger partial charge in [-0.25, -0.2) is 4.39 Å². The molecule has 0 aliphatic carbocycles. The number of benzene rings is 2. The van der Waals surface area contributed by atoms with E-state index in [2.05, 4.69) is 22.5 Å². The molecule has 6 rings (SSSR count). The summed E-state index contributed by atoms with van der Waals surface area (Å²) < 4.78 is 20.3. The summed E-state index contributed by atoms with van der Waals surface area (Å²) >= 11 is 0. The molecule has 4 heterocycles. The van der Waals surface area contributed by atoms with Crippen molar-refractivity contribution in [1.29, 1.82) is 0 Å². The maximum atomic E-state index is 14.1. The Morgan fingerprint density at radius 2 is 2.03 bits per heavy atom. The molecule has 0 amide bonds. The number of hydrogen-bond acceptors (Lipinski definition) is 4. The van der Waals surface area contributed by atoms with Crippen LogP contribution in [0, 0.1) is 17.7 Å². The van der Waals surface area contributed by atoms with Crippen LogP contribution in [0.4, 0.5) is 4.39 Å². The van der Waals surface area contributed by atoms with E-state index in [1.807, 2.05) is 30.3 Å². The van der Waals surface area contributed by atoms with Gasteiger partial charge in [-0.05, 0) is 55.0 Å². The average molecular weight is 431 g/mol. The fourth-order valence-corrected chi connectivity index (χ4v) is 5.39. The quantitative estimate of drug-likeness (QED) is 0.403. The fourth-order valence-electron chi connectivity index (χ4n) is 5.39. The monoisotopic (exact) mass is 430 g/mol. The highest BCUT2D eigenvalue weighted by molar-refractivity contribution is 5.83. The molecule has 164 valence electrons. The number of esters is 1. The molecule has 5 atom stereocenters. The molecule has 1 aromatic heterocycles. The van der Waals surface area contributed by atoms with Crippen LogP contribution in [0.2, 0.25) is 0 Å². The van der Waals surface area contributed by atoms with Crippen LogP contribution in [0.5, 0.6) is 0 Å². The van der Waals surface area contributed by atoms with Crippen molar-refractivity contribution in [2.24, 2.45) is 11.8 Å². The number of para-hydroxylation sites is 1. The Bertz CT molecular complexity index is 1140. The van der Waals surface area contributed by atoms with Crippen LogP contribution in [-0.4, -0.2) is 35.0 Å². The number of piperidine rings is 3. The minimum Gasteiger partial charge on any atom is -0.456 e. The van der Waals surface area contributed by atoms with Gasteiger partial charge in [0.15, 0.2) is 0 Å². The first-order chi connectivity index (χ1) is 15.6. The summed E-state index contributed by atoms with van der Waals surface area (Å²) in [4.78, 5) is 19.9. The van der Waals surface area contributed by atoms with Crippen LogP contribution < -0.4 is 0 Å². The predicted octanol–water partition coefficient (Wildman–Crippen LogP) is 5.10. The van der Waals surface area contributed by atoms with Gasteiger partial charge in [-0.15, -0.1) is 6.58 Å². The highest BCUT2D eigenvalue weighted by Gasteiger charge is 2.44. The van der Waals surface area contributed by atoms with Gasteiger partial charge in [0.05, 0.1) is 18.0 Å². The molecule has 2 aromatic carbocycles. The lowest BCUT2D eigenvalue weighted by Crippen LogP contribution is -2.55. The van der Waals surface area contributed by atoms with E-state index >= 15 is 0 Å². The number of pyridine rings is 1. The Morgan fingerprint density at radius 3 is 2.81 bits per heavy atom. The summed E-state index contributed by atoms with van der Waals surface area (Å²) in [5, 5.41) is 0.988. The standard InChI is InChI=1S/C27H27FN2O2/c1-2-18-17-30-14-12-19(18)15-25(30)27(22-11-13-29-24-10-6-4-8-21(22)24)32-26(31)16-20-7-3-5-9-23(20)28/h2-11,13,18-19,25,27H,1,12,14-17H2/t18-,19+,25+,27+/m0/s1. The minimum absolute atomic E-state index is 0.0836. The number of nitrogens with zero attached hydrogens (tertiary/aromatic N) is 2. The zero-order chi connectivity index (χ0) is 22.1. The van der Waals surface area contributed by atoms with E-state index < -0.39 is 12.1 Å². The van der Waals surface area contributed by atoms with E-state index in [4.69, 9.17) is 4.74 Å². The molecule has 3 saturated heterocycles. The van der Waals surface area contributed by atoms with Crippen molar-refractivity contribution >= 4 is 16.9 Å². The van der Waals surface area contributed by atoms with Crippen molar-refractivity contribution in [3.63, 3.8) is 0 Å². The van der Waals surface area contributed by atoms with Gasteiger partial charge in [0.2, 0.25) is 0 Å². The average Bonchev–Trinajstić information content (AvgIpc) is 2.84. The second-order valence-electron chi connectivity index (χ2n) is 8.84. The summed E-state index contributed by atoms with van der Waals surface area (Å²) in [5.41, 5.74) is 2.19. The number of fused-ring (bicyclic) bond motifs is 4. The second-order valence-corrected chi connectivity index (χ2v) is 8.84. The topological polar surface area (TPSA) is 42.4 Å². The van der Waals surface area contributed by atoms with Crippen LogP contribution in [0.15, 0.2) is 73.4 Å². The molecule has 3 aromatic rings. The van der Waals surface area contributed by atoms with Crippen LogP contribution in [0.1, 0.15) is 30.1 Å². The molecule has 0 N–H and O–H groups in total. The Kier molecular flexibility index (Phi) is 5.75. The highest BCUT2D eigenvalue weighted by atomic mass is 19.1. The third kappa shape index (κ3) is 3.93. The normalized spacial score (nSPS) is 25.4. The van der Waals surface area contributed by atoms with Gasteiger partial charge in [-0.3, -0.25) is 14.7 Å². The first-order valence-corrected chi connectivity index (χ1v) is 11.3. The molecular formula is C27H27FN2O2. The molecular weight excluding hydrogens is 403 g/mol. The zero-order valence-corrected chi connectivity index (χ0v) is 18.0. The largest absolute Gasteiger partial charge is 0.456 e. The molecule has 32 heavy (non-hydrogen) atoms. The number of ether oxygens (including phenoxy) is 1. The highest BCUT2D eigenvalue weighted by Crippen LogP contribution is 2.43. The SMILES string of the molecule is C=C[C@H]1CN2CC[C@@H]1C[C@@H]2[C@H](OC(=O)Cc1ccccc1F)c1ccnc2ccccc12. The molecule has 0 spiro atoms. The van der Waals surface area contributed by atoms with E-state index in [1.54, 1.807) is 24.4 Å². The summed E-state index contributed by atoms with van der Waals surface area (Å²) in [7, 11) is 0. The van der Waals surface area contributed by atoms with Crippen molar-refractivity contribution < 1.29 is 13.9 Å². The van der Waals surface area contributed by atoms with Gasteiger partial charge in [0.25, 0.3) is 0 Å². The summed E-state index contributed by atoms with van der Waals surface area (Å²) in [6.07, 6.45) is 5.41. The van der Waals surface area contributed by atoms with Crippen molar-refractivity contribution in [2.75, 3.05) is 13.1 Å². The zero-order valence-electron chi connectivity index (χ0n) is 18.0. The van der Waals surface area contributed by atoms with Crippen LogP contribution in [0.3, 0.4) is 0 Å². The summed E-state index contributed by atoms with van der Waals surface area (Å²) in [5.74, 6) is 0.223. The van der Waals surface area contributed by atoms with Gasteiger partial charge in [0, 0.05) is 23.7 Å². The maximum absolute atomic E-state index is 14.1. The van der Waals surface area contributed by atoms with Gasteiger partial charge in [-0.1, -0.05) is 42.5 Å². The first kappa shape index (κ1) is 20.8. The molecule has 3 fully saturated rings. The lowest BCUT2D eigenvalue weighted by atomic mass is 9.73. The van der Waals surface area contributed by atoms with Gasteiger partial charge in [0.1, 0.15) is 11.9 Å². The van der Waals surface area contributed by atoms with E-state index in [9.17, 15) is 9.18 Å². The number of carbonyl (C=O) groups excluding carboxylic acids is 1. The number of aromatic nitrogens is 1. The van der Waals surface area contributed by atoms with Crippen LogP contribution >= 0.6 is 0 Å². The molecule has 4 nitrogen and oxygen atoms in total. The van der Waals surface area contributed by atoms with Crippen molar-refractivity contribution in [2.45, 2.75) is 31.4 Å². The molecule has 0 saturated carbocycles. The van der Waals surface area contributed by atoms with Crippen LogP contribution in [-0.2, 0) is 16.0 Å². The minimum atomic E-state index is -0.435. The van der Waals surface area contributed by atoms with Crippen molar-refractivity contribution in [3.8, 4) is 0 Å². The summed E-state index contributed by atoms with van der Waals surface area (Å²) in [6, 6.07) is 16.3. The second kappa shape index (κ2) is 8.83. The van der Waals surface area contributed by atoms with Crippen molar-refractivity contribution in [3.05, 3.63) is 90.4 Å². The maximum Gasteiger partial charge on any atom is 0.311 e. The van der Waals surface area contributed by atoms with Gasteiger partial charge >= 0.3 is 5.97 Å². The van der Waals surface area contributed by atoms with Gasteiger partial charge in [-0.2, -0.15) is 0 Å². The predicted molar refractivity (Wildman–Crippen MR) is 122 cm³/mol. The lowest BCUT2D eigenvalue weighted by Gasteiger charge is -2.51. The fraction of sp³-hybridized carbons (Fsp3) is 0.333. The van der Waals surface area contributed by atoms with E-state index in [0.29, 0.717) is 17.4 Å². The molecule has 1 unspecified atom stereocenters. The molecule has 3 aliphatic heterocycles. The van der Waals surface area contributed by atoms with Crippen molar-refractivity contribution in [1.82, 2.24) is 9.88 Å². The first-order valence-electron chi connectivity index (χ1n) is 11.3. The van der Waals surface area contributed by atoms with E-state index in [1.165, 1.54) is 6.07 Å². The molecule has 5 heteroatoms. The Balaban J connectivity index is 1.49. The smallest absolute Gasteiger partial charge is 0.311 e. The number of carbonyl (C=O) groups is 1.